The summed E-state index contributed by atoms with van der Waals surface area (Å²) in [5, 5.41) is 4.15. The van der Waals surface area contributed by atoms with Crippen LogP contribution in [0.25, 0.3) is 0 Å². The zero-order valence-electron chi connectivity index (χ0n) is 16.4. The highest BCUT2D eigenvalue weighted by Gasteiger charge is 2.40. The summed E-state index contributed by atoms with van der Waals surface area (Å²) in [4.78, 5) is 0.892. The Balaban J connectivity index is 2.65. The van der Waals surface area contributed by atoms with E-state index in [-0.39, 0.29) is 17.5 Å². The lowest BCUT2D eigenvalue weighted by atomic mass is 9.95. The predicted molar refractivity (Wildman–Crippen MR) is 112 cm³/mol. The first kappa shape index (κ1) is 23.2. The van der Waals surface area contributed by atoms with Crippen LogP contribution in [0.2, 0.25) is 0 Å². The summed E-state index contributed by atoms with van der Waals surface area (Å²) in [7, 11) is -4.90. The summed E-state index contributed by atoms with van der Waals surface area (Å²) in [6, 6.07) is -0.134. The minimum absolute atomic E-state index is 0.134. The molecular formula is C17H29ClN4O4S2. The number of halogens is 1. The van der Waals surface area contributed by atoms with Gasteiger partial charge in [-0.1, -0.05) is 26.2 Å². The quantitative estimate of drug-likeness (QED) is 0.586. The lowest BCUT2D eigenvalue weighted by molar-refractivity contribution is 0.263. The van der Waals surface area contributed by atoms with Crippen LogP contribution in [0, 0.1) is 0 Å². The van der Waals surface area contributed by atoms with Crippen LogP contribution in [-0.2, 0) is 20.0 Å². The molecule has 0 aromatic carbocycles. The largest absolute Gasteiger partial charge is 0.397 e. The van der Waals surface area contributed by atoms with Crippen molar-refractivity contribution < 1.29 is 16.8 Å². The van der Waals surface area contributed by atoms with E-state index in [0.29, 0.717) is 5.57 Å². The molecule has 8 nitrogen and oxygen atoms in total. The fourth-order valence-electron chi connectivity index (χ4n) is 3.74. The fourth-order valence-corrected chi connectivity index (χ4v) is 7.13. The molecule has 11 heteroatoms. The molecule has 1 saturated carbocycles. The van der Waals surface area contributed by atoms with Crippen molar-refractivity contribution in [2.24, 2.45) is 10.9 Å². The van der Waals surface area contributed by atoms with Crippen LogP contribution < -0.4 is 10.9 Å². The summed E-state index contributed by atoms with van der Waals surface area (Å²) in [5.41, 5.74) is 5.91. The minimum atomic E-state index is -4.30. The molecule has 160 valence electrons. The SMILES string of the molecule is CCN(C1CCCCC1)S(=O)(=O)C1=CC(=CN(C)C)C(Cl)C(S(N)(=O)=O)=C1N. The van der Waals surface area contributed by atoms with Crippen LogP contribution in [0.3, 0.4) is 0 Å². The van der Waals surface area contributed by atoms with Gasteiger partial charge in [0.15, 0.2) is 0 Å². The second-order valence-electron chi connectivity index (χ2n) is 7.29. The molecule has 0 heterocycles. The van der Waals surface area contributed by atoms with Crippen LogP contribution >= 0.6 is 11.6 Å². The first-order valence-corrected chi connectivity index (χ1v) is 12.6. The standard InChI is InChI=1S/C17H29ClN4O4S2/c1-4-22(13-8-6-5-7-9-13)28(25,26)14-10-12(11-21(2)3)15(18)17(16(14)19)27(20,23)24/h10-11,13,15H,4-9,19H2,1-3H3,(H2,20,23,24). The zero-order valence-corrected chi connectivity index (χ0v) is 18.8. The van der Waals surface area contributed by atoms with Crippen LogP contribution in [0.15, 0.2) is 33.4 Å². The molecule has 0 aromatic heterocycles. The predicted octanol–water partition coefficient (Wildman–Crippen LogP) is 1.38. The van der Waals surface area contributed by atoms with Crippen molar-refractivity contribution in [3.05, 3.63) is 33.4 Å². The number of hydrogen-bond donors (Lipinski definition) is 2. The third kappa shape index (κ3) is 4.73. The van der Waals surface area contributed by atoms with Crippen molar-refractivity contribution in [2.75, 3.05) is 20.6 Å². The Labute approximate surface area is 173 Å². The molecule has 2 aliphatic rings. The van der Waals surface area contributed by atoms with Crippen LogP contribution in [-0.4, -0.2) is 58.1 Å². The van der Waals surface area contributed by atoms with E-state index in [9.17, 15) is 16.8 Å². The molecule has 0 amide bonds. The van der Waals surface area contributed by atoms with Gasteiger partial charge in [0.05, 0.1) is 11.1 Å². The summed E-state index contributed by atoms with van der Waals surface area (Å²) in [6.07, 6.45) is 7.44. The Bertz CT molecular complexity index is 901. The molecule has 0 bridgehead atoms. The Morgan fingerprint density at radius 1 is 1.18 bits per heavy atom. The van der Waals surface area contributed by atoms with Crippen LogP contribution in [0.1, 0.15) is 39.0 Å². The summed E-state index contributed by atoms with van der Waals surface area (Å²) in [6.45, 7) is 2.02. The molecule has 1 fully saturated rings. The van der Waals surface area contributed by atoms with Crippen molar-refractivity contribution >= 4 is 31.6 Å². The van der Waals surface area contributed by atoms with E-state index in [1.54, 1.807) is 32.1 Å². The molecule has 28 heavy (non-hydrogen) atoms. The van der Waals surface area contributed by atoms with Crippen molar-refractivity contribution in [1.29, 1.82) is 0 Å². The Kier molecular flexibility index (Phi) is 7.25. The average molecular weight is 453 g/mol. The van der Waals surface area contributed by atoms with Gasteiger partial charge in [-0.05, 0) is 24.5 Å². The Morgan fingerprint density at radius 2 is 1.75 bits per heavy atom. The molecule has 2 aliphatic carbocycles. The zero-order chi connectivity index (χ0) is 21.3. The average Bonchev–Trinajstić information content (AvgIpc) is 2.57. The van der Waals surface area contributed by atoms with E-state index in [4.69, 9.17) is 22.5 Å². The van der Waals surface area contributed by atoms with E-state index >= 15 is 0 Å². The smallest absolute Gasteiger partial charge is 0.245 e. The van der Waals surface area contributed by atoms with Gasteiger partial charge in [0.25, 0.3) is 0 Å². The van der Waals surface area contributed by atoms with Gasteiger partial charge in [-0.15, -0.1) is 11.6 Å². The van der Waals surface area contributed by atoms with Gasteiger partial charge in [0.2, 0.25) is 20.0 Å². The number of primary sulfonamides is 1. The number of allylic oxidation sites excluding steroid dienone is 3. The number of nitrogens with zero attached hydrogens (tertiary/aromatic N) is 2. The maximum Gasteiger partial charge on any atom is 0.245 e. The van der Waals surface area contributed by atoms with Crippen molar-refractivity contribution in [2.45, 2.75) is 50.4 Å². The summed E-state index contributed by atoms with van der Waals surface area (Å²) < 4.78 is 52.6. The molecule has 0 spiro atoms. The highest BCUT2D eigenvalue weighted by molar-refractivity contribution is 7.94. The highest BCUT2D eigenvalue weighted by Crippen LogP contribution is 2.37. The maximum atomic E-state index is 13.5. The topological polar surface area (TPSA) is 127 Å². The van der Waals surface area contributed by atoms with E-state index < -0.39 is 36.0 Å². The summed E-state index contributed by atoms with van der Waals surface area (Å²) >= 11 is 6.30. The molecule has 1 atom stereocenters. The van der Waals surface area contributed by atoms with Gasteiger partial charge in [0.1, 0.15) is 9.81 Å². The maximum absolute atomic E-state index is 13.5. The van der Waals surface area contributed by atoms with Gasteiger partial charge >= 0.3 is 0 Å². The first-order chi connectivity index (χ1) is 12.9. The Hall–Kier alpha value is -1.07. The Morgan fingerprint density at radius 3 is 2.21 bits per heavy atom. The van der Waals surface area contributed by atoms with Crippen LogP contribution in [0.5, 0.6) is 0 Å². The normalized spacial score (nSPS) is 24.0. The molecule has 0 saturated heterocycles. The lowest BCUT2D eigenvalue weighted by Crippen LogP contribution is -2.43. The fraction of sp³-hybridized carbons (Fsp3) is 0.647. The van der Waals surface area contributed by atoms with Gasteiger partial charge in [-0.2, -0.15) is 4.31 Å². The lowest BCUT2D eigenvalue weighted by Gasteiger charge is -2.34. The third-order valence-electron chi connectivity index (χ3n) is 4.95. The van der Waals surface area contributed by atoms with Crippen LogP contribution in [0.4, 0.5) is 0 Å². The molecule has 1 unspecified atom stereocenters. The molecule has 0 aliphatic heterocycles. The highest BCUT2D eigenvalue weighted by atomic mass is 35.5. The van der Waals surface area contributed by atoms with Gasteiger partial charge < -0.3 is 10.6 Å². The van der Waals surface area contributed by atoms with E-state index in [1.807, 2.05) is 0 Å². The van der Waals surface area contributed by atoms with Crippen molar-refractivity contribution in [3.8, 4) is 0 Å². The van der Waals surface area contributed by atoms with Gasteiger partial charge in [-0.3, -0.25) is 0 Å². The second-order valence-corrected chi connectivity index (χ2v) is 11.1. The first-order valence-electron chi connectivity index (χ1n) is 9.19. The summed E-state index contributed by atoms with van der Waals surface area (Å²) in [5.74, 6) is 0. The molecular weight excluding hydrogens is 424 g/mol. The number of hydrogen-bond acceptors (Lipinski definition) is 6. The van der Waals surface area contributed by atoms with Gasteiger partial charge in [-0.25, -0.2) is 22.0 Å². The van der Waals surface area contributed by atoms with Gasteiger partial charge in [0, 0.05) is 32.9 Å². The second kappa shape index (κ2) is 8.74. The third-order valence-corrected chi connectivity index (χ3v) is 8.68. The molecule has 4 N–H and O–H groups in total. The minimum Gasteiger partial charge on any atom is -0.397 e. The molecule has 0 radical (unpaired) electrons. The van der Waals surface area contributed by atoms with Crippen molar-refractivity contribution in [1.82, 2.24) is 9.21 Å². The number of alkyl halides is 1. The van der Waals surface area contributed by atoms with E-state index in [2.05, 4.69) is 0 Å². The number of rotatable bonds is 6. The monoisotopic (exact) mass is 452 g/mol. The van der Waals surface area contributed by atoms with Crippen molar-refractivity contribution in [3.63, 3.8) is 0 Å². The van der Waals surface area contributed by atoms with E-state index in [1.165, 1.54) is 10.4 Å². The molecule has 0 aromatic rings. The number of nitrogens with two attached hydrogens (primary N) is 2. The molecule has 2 rings (SSSR count). The van der Waals surface area contributed by atoms with E-state index in [0.717, 1.165) is 32.1 Å². The number of sulfonamides is 2.